The number of pyridine rings is 1. The Labute approximate surface area is 93.6 Å². The Balaban J connectivity index is 2.41. The summed E-state index contributed by atoms with van der Waals surface area (Å²) in [5.74, 6) is 0.434. The number of hydrogen-bond donors (Lipinski definition) is 2. The van der Waals surface area contributed by atoms with Crippen LogP contribution < -0.4 is 11.5 Å². The molecular formula is C11H13N5. The largest absolute Gasteiger partial charge is 0.383 e. The molecule has 0 spiro atoms. The molecule has 0 bridgehead atoms. The fraction of sp³-hybridized carbons (Fsp3) is 0.182. The van der Waals surface area contributed by atoms with Gasteiger partial charge in [-0.2, -0.15) is 0 Å². The Kier molecular flexibility index (Phi) is 2.78. The summed E-state index contributed by atoms with van der Waals surface area (Å²) in [6, 6.07) is 1.53. The van der Waals surface area contributed by atoms with Crippen molar-refractivity contribution in [2.24, 2.45) is 5.73 Å². The van der Waals surface area contributed by atoms with Gasteiger partial charge in [0.25, 0.3) is 0 Å². The molecule has 1 unspecified atom stereocenters. The van der Waals surface area contributed by atoms with Gasteiger partial charge in [-0.1, -0.05) is 0 Å². The van der Waals surface area contributed by atoms with Gasteiger partial charge in [0.15, 0.2) is 0 Å². The molecule has 5 heteroatoms. The Bertz CT molecular complexity index is 483. The van der Waals surface area contributed by atoms with E-state index in [1.165, 1.54) is 0 Å². The van der Waals surface area contributed by atoms with Crippen LogP contribution in [0.3, 0.4) is 0 Å². The number of aryl methyl sites for hydroxylation is 1. The van der Waals surface area contributed by atoms with E-state index in [2.05, 4.69) is 15.0 Å². The molecule has 0 amide bonds. The van der Waals surface area contributed by atoms with Crippen molar-refractivity contribution < 1.29 is 0 Å². The van der Waals surface area contributed by atoms with Crippen molar-refractivity contribution in [1.29, 1.82) is 0 Å². The number of aromatic nitrogens is 3. The van der Waals surface area contributed by atoms with E-state index in [0.29, 0.717) is 11.5 Å². The van der Waals surface area contributed by atoms with Crippen molar-refractivity contribution in [3.8, 4) is 0 Å². The van der Waals surface area contributed by atoms with E-state index in [1.807, 2.05) is 13.0 Å². The molecule has 16 heavy (non-hydrogen) atoms. The van der Waals surface area contributed by atoms with E-state index in [0.717, 1.165) is 11.1 Å². The van der Waals surface area contributed by atoms with Crippen LogP contribution in [-0.4, -0.2) is 15.0 Å². The summed E-state index contributed by atoms with van der Waals surface area (Å²) in [5.41, 5.74) is 14.3. The van der Waals surface area contributed by atoms with Crippen molar-refractivity contribution in [3.05, 3.63) is 47.7 Å². The zero-order valence-corrected chi connectivity index (χ0v) is 8.96. The van der Waals surface area contributed by atoms with Crippen LogP contribution in [0.2, 0.25) is 0 Å². The average Bonchev–Trinajstić information content (AvgIpc) is 2.32. The van der Waals surface area contributed by atoms with Gasteiger partial charge in [-0.15, -0.1) is 0 Å². The standard InChI is InChI=1S/C11H13N5/c1-7-4-8(11(13)16-5-7)10(12)9-6-14-2-3-15-9/h2-6,10H,12H2,1H3,(H2,13,16). The molecule has 0 saturated heterocycles. The molecule has 2 heterocycles. The van der Waals surface area contributed by atoms with Crippen molar-refractivity contribution in [2.45, 2.75) is 13.0 Å². The van der Waals surface area contributed by atoms with E-state index >= 15 is 0 Å². The average molecular weight is 215 g/mol. The zero-order valence-electron chi connectivity index (χ0n) is 8.96. The van der Waals surface area contributed by atoms with Crippen molar-refractivity contribution >= 4 is 5.82 Å². The maximum atomic E-state index is 6.06. The number of nitrogens with zero attached hydrogens (tertiary/aromatic N) is 3. The van der Waals surface area contributed by atoms with E-state index in [9.17, 15) is 0 Å². The minimum absolute atomic E-state index is 0.388. The quantitative estimate of drug-likeness (QED) is 0.773. The molecule has 2 aromatic rings. The number of anilines is 1. The topological polar surface area (TPSA) is 90.7 Å². The molecule has 1 atom stereocenters. The molecule has 2 rings (SSSR count). The summed E-state index contributed by atoms with van der Waals surface area (Å²) in [6.45, 7) is 1.94. The molecule has 0 radical (unpaired) electrons. The normalized spacial score (nSPS) is 12.4. The Morgan fingerprint density at radius 1 is 1.19 bits per heavy atom. The fourth-order valence-corrected chi connectivity index (χ4v) is 1.48. The molecule has 82 valence electrons. The summed E-state index contributed by atoms with van der Waals surface area (Å²) in [4.78, 5) is 12.2. The van der Waals surface area contributed by atoms with Crippen LogP contribution in [0.5, 0.6) is 0 Å². The first-order valence-corrected chi connectivity index (χ1v) is 4.92. The van der Waals surface area contributed by atoms with Gasteiger partial charge in [-0.05, 0) is 18.6 Å². The summed E-state index contributed by atoms with van der Waals surface area (Å²) in [6.07, 6.45) is 6.55. The van der Waals surface area contributed by atoms with E-state index in [-0.39, 0.29) is 6.04 Å². The third-order valence-electron chi connectivity index (χ3n) is 2.32. The second-order valence-electron chi connectivity index (χ2n) is 3.60. The molecule has 0 fully saturated rings. The predicted molar refractivity (Wildman–Crippen MR) is 61.4 cm³/mol. The first-order chi connectivity index (χ1) is 7.68. The van der Waals surface area contributed by atoms with Crippen LogP contribution in [0.1, 0.15) is 22.9 Å². The highest BCUT2D eigenvalue weighted by Gasteiger charge is 2.14. The molecule has 0 aliphatic heterocycles. The van der Waals surface area contributed by atoms with Crippen LogP contribution in [0.4, 0.5) is 5.82 Å². The highest BCUT2D eigenvalue weighted by molar-refractivity contribution is 5.45. The minimum atomic E-state index is -0.388. The van der Waals surface area contributed by atoms with Gasteiger partial charge in [0.05, 0.1) is 17.9 Å². The Hall–Kier alpha value is -2.01. The lowest BCUT2D eigenvalue weighted by Crippen LogP contribution is -2.16. The highest BCUT2D eigenvalue weighted by atomic mass is 14.9. The SMILES string of the molecule is Cc1cnc(N)c(C(N)c2cnccn2)c1. The van der Waals surface area contributed by atoms with Gasteiger partial charge < -0.3 is 11.5 Å². The first-order valence-electron chi connectivity index (χ1n) is 4.92. The van der Waals surface area contributed by atoms with Gasteiger partial charge in [0, 0.05) is 24.2 Å². The number of rotatable bonds is 2. The lowest BCUT2D eigenvalue weighted by atomic mass is 10.0. The third kappa shape index (κ3) is 1.99. The van der Waals surface area contributed by atoms with Crippen LogP contribution in [0, 0.1) is 6.92 Å². The van der Waals surface area contributed by atoms with E-state index in [4.69, 9.17) is 11.5 Å². The van der Waals surface area contributed by atoms with Crippen LogP contribution in [0.15, 0.2) is 30.9 Å². The molecule has 0 aliphatic rings. The maximum absolute atomic E-state index is 6.06. The third-order valence-corrected chi connectivity index (χ3v) is 2.32. The summed E-state index contributed by atoms with van der Waals surface area (Å²) in [5, 5.41) is 0. The van der Waals surface area contributed by atoms with Gasteiger partial charge in [-0.25, -0.2) is 4.98 Å². The molecule has 0 saturated carbocycles. The lowest BCUT2D eigenvalue weighted by Gasteiger charge is -2.13. The number of nitrogens with two attached hydrogens (primary N) is 2. The van der Waals surface area contributed by atoms with Gasteiger partial charge in [0.1, 0.15) is 5.82 Å². The fourth-order valence-electron chi connectivity index (χ4n) is 1.48. The van der Waals surface area contributed by atoms with Crippen LogP contribution in [-0.2, 0) is 0 Å². The van der Waals surface area contributed by atoms with Crippen molar-refractivity contribution in [2.75, 3.05) is 5.73 Å². The van der Waals surface area contributed by atoms with E-state index in [1.54, 1.807) is 24.8 Å². The predicted octanol–water partition coefficient (Wildman–Crippen LogP) is 0.810. The van der Waals surface area contributed by atoms with E-state index < -0.39 is 0 Å². The van der Waals surface area contributed by atoms with Crippen LogP contribution >= 0.6 is 0 Å². The molecule has 0 aromatic carbocycles. The summed E-state index contributed by atoms with van der Waals surface area (Å²) >= 11 is 0. The second kappa shape index (κ2) is 4.24. The van der Waals surface area contributed by atoms with Crippen LogP contribution in [0.25, 0.3) is 0 Å². The molecule has 4 N–H and O–H groups in total. The zero-order chi connectivity index (χ0) is 11.5. The molecule has 2 aromatic heterocycles. The molecule has 5 nitrogen and oxygen atoms in total. The number of nitrogen functional groups attached to an aromatic ring is 1. The summed E-state index contributed by atoms with van der Waals surface area (Å²) in [7, 11) is 0. The van der Waals surface area contributed by atoms with Crippen molar-refractivity contribution in [3.63, 3.8) is 0 Å². The lowest BCUT2D eigenvalue weighted by molar-refractivity contribution is 0.814. The Morgan fingerprint density at radius 3 is 2.69 bits per heavy atom. The summed E-state index contributed by atoms with van der Waals surface area (Å²) < 4.78 is 0. The Morgan fingerprint density at radius 2 is 2.00 bits per heavy atom. The maximum Gasteiger partial charge on any atom is 0.128 e. The van der Waals surface area contributed by atoms with Gasteiger partial charge in [0.2, 0.25) is 0 Å². The van der Waals surface area contributed by atoms with Gasteiger partial charge in [-0.3, -0.25) is 9.97 Å². The minimum Gasteiger partial charge on any atom is -0.383 e. The number of hydrogen-bond acceptors (Lipinski definition) is 5. The molecular weight excluding hydrogens is 202 g/mol. The smallest absolute Gasteiger partial charge is 0.128 e. The van der Waals surface area contributed by atoms with Crippen molar-refractivity contribution in [1.82, 2.24) is 15.0 Å². The van der Waals surface area contributed by atoms with Gasteiger partial charge >= 0.3 is 0 Å². The highest BCUT2D eigenvalue weighted by Crippen LogP contribution is 2.21. The monoisotopic (exact) mass is 215 g/mol. The molecule has 0 aliphatic carbocycles. The second-order valence-corrected chi connectivity index (χ2v) is 3.60. The first kappa shape index (κ1) is 10.5.